The van der Waals surface area contributed by atoms with Crippen molar-refractivity contribution in [2.45, 2.75) is 44.0 Å². The first-order chi connectivity index (χ1) is 17.1. The summed E-state index contributed by atoms with van der Waals surface area (Å²) in [7, 11) is -4.47. The maximum Gasteiger partial charge on any atom is 0.294 e. The summed E-state index contributed by atoms with van der Waals surface area (Å²) in [6.07, 6.45) is 4.28. The van der Waals surface area contributed by atoms with E-state index < -0.39 is 21.9 Å². The van der Waals surface area contributed by atoms with Crippen molar-refractivity contribution in [3.8, 4) is 0 Å². The zero-order valence-corrected chi connectivity index (χ0v) is 20.4. The molecule has 0 spiro atoms. The number of unbranched alkanes of at least 4 members (excludes halogenated alkanes) is 2. The predicted molar refractivity (Wildman–Crippen MR) is 132 cm³/mol. The SMILES string of the molecule is CCN(C(=O)CCCCCn1c2ccccc2c(=O)c2cc(S(=O)(=O)O)ccc21)N1C(=O)C=CC1=O. The maximum absolute atomic E-state index is 13.0. The zero-order valence-electron chi connectivity index (χ0n) is 19.6. The molecule has 36 heavy (non-hydrogen) atoms. The highest BCUT2D eigenvalue weighted by Gasteiger charge is 2.31. The van der Waals surface area contributed by atoms with Gasteiger partial charge in [-0.15, -0.1) is 0 Å². The van der Waals surface area contributed by atoms with Gasteiger partial charge in [-0.05, 0) is 50.1 Å². The molecule has 0 unspecified atom stereocenters. The lowest BCUT2D eigenvalue weighted by Crippen LogP contribution is -2.49. The van der Waals surface area contributed by atoms with Gasteiger partial charge in [0.15, 0.2) is 5.43 Å². The van der Waals surface area contributed by atoms with Crippen molar-refractivity contribution in [3.05, 3.63) is 64.8 Å². The molecule has 0 fully saturated rings. The number of para-hydroxylation sites is 1. The van der Waals surface area contributed by atoms with Gasteiger partial charge in [0, 0.05) is 42.4 Å². The van der Waals surface area contributed by atoms with Gasteiger partial charge in [-0.1, -0.05) is 18.6 Å². The van der Waals surface area contributed by atoms with Crippen LogP contribution in [0.15, 0.2) is 64.3 Å². The number of rotatable bonds is 9. The molecule has 1 aliphatic rings. The molecule has 1 N–H and O–H groups in total. The number of pyridine rings is 1. The van der Waals surface area contributed by atoms with Crippen LogP contribution in [0.1, 0.15) is 32.6 Å². The van der Waals surface area contributed by atoms with E-state index in [1.807, 2.05) is 16.7 Å². The molecule has 3 aromatic rings. The summed E-state index contributed by atoms with van der Waals surface area (Å²) in [5.41, 5.74) is 0.910. The van der Waals surface area contributed by atoms with E-state index in [1.165, 1.54) is 18.2 Å². The van der Waals surface area contributed by atoms with E-state index in [1.54, 1.807) is 19.1 Å². The quantitative estimate of drug-likeness (QED) is 0.202. The Morgan fingerprint density at radius 1 is 0.917 bits per heavy atom. The van der Waals surface area contributed by atoms with Crippen LogP contribution in [-0.2, 0) is 31.0 Å². The van der Waals surface area contributed by atoms with Gasteiger partial charge in [-0.3, -0.25) is 23.7 Å². The van der Waals surface area contributed by atoms with Crippen molar-refractivity contribution in [1.82, 2.24) is 14.6 Å². The second kappa shape index (κ2) is 10.0. The average Bonchev–Trinajstić information content (AvgIpc) is 3.18. The van der Waals surface area contributed by atoms with Gasteiger partial charge in [-0.2, -0.15) is 13.4 Å². The van der Waals surface area contributed by atoms with Gasteiger partial charge in [-0.25, -0.2) is 5.01 Å². The summed E-state index contributed by atoms with van der Waals surface area (Å²) in [6, 6.07) is 11.0. The molecule has 188 valence electrons. The van der Waals surface area contributed by atoms with Crippen LogP contribution in [0.4, 0.5) is 0 Å². The highest BCUT2D eigenvalue weighted by molar-refractivity contribution is 7.85. The number of amides is 3. The summed E-state index contributed by atoms with van der Waals surface area (Å²) >= 11 is 0. The number of fused-ring (bicyclic) bond motifs is 2. The molecule has 0 aliphatic carbocycles. The Kier molecular flexibility index (Phi) is 7.04. The largest absolute Gasteiger partial charge is 0.340 e. The molecule has 11 heteroatoms. The van der Waals surface area contributed by atoms with Gasteiger partial charge >= 0.3 is 0 Å². The average molecular weight is 512 g/mol. The fraction of sp³-hybridized carbons (Fsp3) is 0.280. The number of carbonyl (C=O) groups is 3. The monoisotopic (exact) mass is 511 g/mol. The third-order valence-electron chi connectivity index (χ3n) is 6.13. The topological polar surface area (TPSA) is 134 Å². The van der Waals surface area contributed by atoms with Crippen LogP contribution < -0.4 is 5.43 Å². The minimum absolute atomic E-state index is 0.161. The van der Waals surface area contributed by atoms with Crippen LogP contribution in [0, 0.1) is 0 Å². The van der Waals surface area contributed by atoms with Crippen molar-refractivity contribution >= 4 is 49.6 Å². The highest BCUT2D eigenvalue weighted by atomic mass is 32.2. The normalized spacial score (nSPS) is 13.8. The molecule has 4 rings (SSSR count). The number of benzene rings is 2. The molecule has 0 atom stereocenters. The summed E-state index contributed by atoms with van der Waals surface area (Å²) in [5.74, 6) is -1.39. The Balaban J connectivity index is 1.50. The molecule has 0 saturated carbocycles. The molecule has 0 radical (unpaired) electrons. The Morgan fingerprint density at radius 3 is 2.25 bits per heavy atom. The number of carbonyl (C=O) groups excluding carboxylic acids is 3. The maximum atomic E-state index is 13.0. The molecule has 1 aromatic heterocycles. The second-order valence-electron chi connectivity index (χ2n) is 8.39. The summed E-state index contributed by atoms with van der Waals surface area (Å²) in [5, 5.41) is 2.62. The van der Waals surface area contributed by atoms with Crippen LogP contribution >= 0.6 is 0 Å². The number of nitrogens with zero attached hydrogens (tertiary/aromatic N) is 3. The highest BCUT2D eigenvalue weighted by Crippen LogP contribution is 2.23. The Hall–Kier alpha value is -3.83. The van der Waals surface area contributed by atoms with Gasteiger partial charge < -0.3 is 4.57 Å². The lowest BCUT2D eigenvalue weighted by atomic mass is 10.1. The Morgan fingerprint density at radius 2 is 1.58 bits per heavy atom. The first-order valence-electron chi connectivity index (χ1n) is 11.5. The fourth-order valence-corrected chi connectivity index (χ4v) is 4.93. The van der Waals surface area contributed by atoms with Crippen LogP contribution in [0.2, 0.25) is 0 Å². The van der Waals surface area contributed by atoms with Gasteiger partial charge in [0.1, 0.15) is 0 Å². The summed E-state index contributed by atoms with van der Waals surface area (Å²) < 4.78 is 34.5. The van der Waals surface area contributed by atoms with E-state index in [2.05, 4.69) is 0 Å². The molecular weight excluding hydrogens is 486 g/mol. The molecule has 0 bridgehead atoms. The zero-order chi connectivity index (χ0) is 26.0. The van der Waals surface area contributed by atoms with Gasteiger partial charge in [0.05, 0.1) is 15.9 Å². The third-order valence-corrected chi connectivity index (χ3v) is 6.98. The van der Waals surface area contributed by atoms with E-state index in [-0.39, 0.29) is 34.6 Å². The van der Waals surface area contributed by atoms with Crippen LogP contribution in [0.3, 0.4) is 0 Å². The predicted octanol–water partition coefficient (Wildman–Crippen LogP) is 2.65. The number of imide groups is 1. The molecule has 0 saturated heterocycles. The second-order valence-corrected chi connectivity index (χ2v) is 9.82. The Labute approximate surface area is 207 Å². The Bertz CT molecular complexity index is 1560. The van der Waals surface area contributed by atoms with Crippen molar-refractivity contribution in [2.24, 2.45) is 0 Å². The number of hydrogen-bond donors (Lipinski definition) is 1. The van der Waals surface area contributed by atoms with Crippen LogP contribution in [0.5, 0.6) is 0 Å². The smallest absolute Gasteiger partial charge is 0.294 e. The lowest BCUT2D eigenvalue weighted by Gasteiger charge is -2.28. The van der Waals surface area contributed by atoms with Crippen LogP contribution in [0.25, 0.3) is 21.8 Å². The van der Waals surface area contributed by atoms with Crippen molar-refractivity contribution in [2.75, 3.05) is 6.54 Å². The van der Waals surface area contributed by atoms with E-state index >= 15 is 0 Å². The first-order valence-corrected chi connectivity index (χ1v) is 13.0. The third kappa shape index (κ3) is 4.79. The number of aryl methyl sites for hydroxylation is 1. The van der Waals surface area contributed by atoms with Crippen molar-refractivity contribution in [1.29, 1.82) is 0 Å². The first kappa shape index (κ1) is 25.3. The van der Waals surface area contributed by atoms with Gasteiger partial charge in [0.25, 0.3) is 21.9 Å². The minimum Gasteiger partial charge on any atom is -0.340 e. The van der Waals surface area contributed by atoms with E-state index in [0.717, 1.165) is 22.2 Å². The van der Waals surface area contributed by atoms with Crippen molar-refractivity contribution in [3.63, 3.8) is 0 Å². The summed E-state index contributed by atoms with van der Waals surface area (Å²) in [6.45, 7) is 2.39. The lowest BCUT2D eigenvalue weighted by molar-refractivity contribution is -0.166. The number of hydrogen-bond acceptors (Lipinski definition) is 6. The van der Waals surface area contributed by atoms with E-state index in [4.69, 9.17) is 0 Å². The standard InChI is InChI=1S/C25H25N3O7S/c1-2-27(28-23(30)13-14-24(28)31)22(29)10-4-3-7-15-26-20-9-6-5-8-18(20)25(32)19-16-17(36(33,34)35)11-12-21(19)26/h5-6,8-9,11-14,16H,2-4,7,10,15H2,1H3,(H,33,34,35). The molecular formula is C25H25N3O7S. The van der Waals surface area contributed by atoms with E-state index in [0.29, 0.717) is 42.2 Å². The molecule has 10 nitrogen and oxygen atoms in total. The van der Waals surface area contributed by atoms with Crippen molar-refractivity contribution < 1.29 is 27.4 Å². The number of hydrazine groups is 1. The molecule has 2 aromatic carbocycles. The van der Waals surface area contributed by atoms with Gasteiger partial charge in [0.2, 0.25) is 5.91 Å². The van der Waals surface area contributed by atoms with Crippen LogP contribution in [-0.4, -0.2) is 51.8 Å². The molecule has 3 amide bonds. The van der Waals surface area contributed by atoms with E-state index in [9.17, 15) is 32.1 Å². The summed E-state index contributed by atoms with van der Waals surface area (Å²) in [4.78, 5) is 49.1. The molecule has 1 aliphatic heterocycles. The minimum atomic E-state index is -4.47. The number of aromatic nitrogens is 1. The molecule has 2 heterocycles. The fourth-order valence-electron chi connectivity index (χ4n) is 4.42.